The molecule has 0 atom stereocenters. The molecule has 0 amide bonds. The van der Waals surface area contributed by atoms with Crippen LogP contribution >= 0.6 is 11.6 Å². The zero-order chi connectivity index (χ0) is 12.0. The van der Waals surface area contributed by atoms with Gasteiger partial charge < -0.3 is 10.2 Å². The van der Waals surface area contributed by atoms with Gasteiger partial charge in [-0.2, -0.15) is 0 Å². The first-order chi connectivity index (χ1) is 7.04. The molecule has 0 bridgehead atoms. The van der Waals surface area contributed by atoms with Gasteiger partial charge in [0.2, 0.25) is 0 Å². The van der Waals surface area contributed by atoms with Gasteiger partial charge in [0.15, 0.2) is 0 Å². The van der Waals surface area contributed by atoms with E-state index >= 15 is 0 Å². The lowest BCUT2D eigenvalue weighted by molar-refractivity contribution is 0.0651. The molecule has 0 aliphatic rings. The lowest BCUT2D eigenvalue weighted by atomic mass is 10.1. The van der Waals surface area contributed by atoms with Crippen molar-refractivity contribution >= 4 is 23.5 Å². The van der Waals surface area contributed by atoms with Crippen LogP contribution in [0.15, 0.2) is 31.4 Å². The van der Waals surface area contributed by atoms with Crippen molar-refractivity contribution < 1.29 is 19.8 Å². The maximum Gasteiger partial charge on any atom is 0.338 e. The average Bonchev–Trinajstić information content (AvgIpc) is 2.19. The second-order valence-corrected chi connectivity index (χ2v) is 2.68. The van der Waals surface area contributed by atoms with Gasteiger partial charge in [0.25, 0.3) is 0 Å². The Morgan fingerprint density at radius 2 is 1.67 bits per heavy atom. The topological polar surface area (TPSA) is 74.6 Å². The molecule has 0 heterocycles. The van der Waals surface area contributed by atoms with Crippen molar-refractivity contribution in [2.24, 2.45) is 0 Å². The first kappa shape index (κ1) is 13.2. The Balaban J connectivity index is 0.000000921. The summed E-state index contributed by atoms with van der Waals surface area (Å²) in [5.74, 6) is -2.65. The fourth-order valence-corrected chi connectivity index (χ4v) is 1.18. The molecular formula is C10H9ClO4. The molecule has 0 saturated heterocycles. The van der Waals surface area contributed by atoms with Gasteiger partial charge in [0.1, 0.15) is 0 Å². The molecule has 0 fully saturated rings. The number of rotatable bonds is 2. The SMILES string of the molecule is C=C.O=C(O)c1cccc(Cl)c1C(=O)O. The van der Waals surface area contributed by atoms with Crippen LogP contribution in [0.25, 0.3) is 0 Å². The minimum Gasteiger partial charge on any atom is -0.478 e. The van der Waals surface area contributed by atoms with Gasteiger partial charge in [-0.3, -0.25) is 0 Å². The Morgan fingerprint density at radius 3 is 2.00 bits per heavy atom. The van der Waals surface area contributed by atoms with E-state index in [-0.39, 0.29) is 16.1 Å². The van der Waals surface area contributed by atoms with Crippen LogP contribution in [0, 0.1) is 0 Å². The predicted molar refractivity (Wildman–Crippen MR) is 56.6 cm³/mol. The molecule has 2 N–H and O–H groups in total. The second kappa shape index (κ2) is 5.82. The van der Waals surface area contributed by atoms with E-state index in [1.165, 1.54) is 18.2 Å². The van der Waals surface area contributed by atoms with Crippen LogP contribution in [0.5, 0.6) is 0 Å². The molecule has 4 nitrogen and oxygen atoms in total. The summed E-state index contributed by atoms with van der Waals surface area (Å²) in [4.78, 5) is 21.2. The van der Waals surface area contributed by atoms with E-state index in [2.05, 4.69) is 13.2 Å². The molecule has 0 unspecified atom stereocenters. The Bertz CT molecular complexity index is 387. The van der Waals surface area contributed by atoms with Gasteiger partial charge in [0.05, 0.1) is 16.1 Å². The van der Waals surface area contributed by atoms with Crippen molar-refractivity contribution in [3.8, 4) is 0 Å². The van der Waals surface area contributed by atoms with Crippen LogP contribution in [-0.2, 0) is 0 Å². The number of hydrogen-bond acceptors (Lipinski definition) is 2. The van der Waals surface area contributed by atoms with E-state index in [4.69, 9.17) is 21.8 Å². The van der Waals surface area contributed by atoms with Crippen LogP contribution in [-0.4, -0.2) is 22.2 Å². The molecule has 0 saturated carbocycles. The van der Waals surface area contributed by atoms with Gasteiger partial charge in [-0.15, -0.1) is 13.2 Å². The number of carboxylic acid groups (broad SMARTS) is 2. The molecule has 1 rings (SSSR count). The number of carbonyl (C=O) groups is 2. The minimum absolute atomic E-state index is 0.0765. The fourth-order valence-electron chi connectivity index (χ4n) is 0.920. The van der Waals surface area contributed by atoms with Gasteiger partial charge in [-0.05, 0) is 12.1 Å². The summed E-state index contributed by atoms with van der Waals surface area (Å²) in [5, 5.41) is 17.2. The first-order valence-corrected chi connectivity index (χ1v) is 4.17. The van der Waals surface area contributed by atoms with E-state index in [0.717, 1.165) is 0 Å². The Labute approximate surface area is 91.4 Å². The third-order valence-corrected chi connectivity index (χ3v) is 1.77. The molecule has 0 aliphatic heterocycles. The third-order valence-electron chi connectivity index (χ3n) is 1.46. The highest BCUT2D eigenvalue weighted by Gasteiger charge is 2.18. The van der Waals surface area contributed by atoms with Crippen LogP contribution in [0.4, 0.5) is 0 Å². The van der Waals surface area contributed by atoms with E-state index < -0.39 is 11.9 Å². The highest BCUT2D eigenvalue weighted by atomic mass is 35.5. The van der Waals surface area contributed by atoms with E-state index in [0.29, 0.717) is 0 Å². The van der Waals surface area contributed by atoms with Crippen LogP contribution in [0.2, 0.25) is 5.02 Å². The summed E-state index contributed by atoms with van der Waals surface area (Å²) in [6.07, 6.45) is 0. The molecule has 1 aromatic carbocycles. The van der Waals surface area contributed by atoms with Crippen molar-refractivity contribution in [2.45, 2.75) is 0 Å². The van der Waals surface area contributed by atoms with Crippen molar-refractivity contribution in [2.75, 3.05) is 0 Å². The van der Waals surface area contributed by atoms with E-state index in [1.807, 2.05) is 0 Å². The minimum atomic E-state index is -1.34. The molecule has 0 aliphatic carbocycles. The Kier molecular flexibility index (Phi) is 5.12. The van der Waals surface area contributed by atoms with Gasteiger partial charge in [-0.1, -0.05) is 17.7 Å². The van der Waals surface area contributed by atoms with Crippen LogP contribution in [0.3, 0.4) is 0 Å². The summed E-state index contributed by atoms with van der Waals surface area (Å²) in [6, 6.07) is 3.91. The summed E-state index contributed by atoms with van der Waals surface area (Å²) in [7, 11) is 0. The monoisotopic (exact) mass is 228 g/mol. The number of halogens is 1. The molecule has 1 aromatic rings. The smallest absolute Gasteiger partial charge is 0.338 e. The zero-order valence-corrected chi connectivity index (χ0v) is 8.49. The first-order valence-electron chi connectivity index (χ1n) is 3.79. The number of aromatic carboxylic acids is 2. The summed E-state index contributed by atoms with van der Waals surface area (Å²) in [6.45, 7) is 6.00. The van der Waals surface area contributed by atoms with Gasteiger partial charge in [0, 0.05) is 0 Å². The lowest BCUT2D eigenvalue weighted by Gasteiger charge is -2.02. The number of hydrogen-bond donors (Lipinski definition) is 2. The number of benzene rings is 1. The summed E-state index contributed by atoms with van der Waals surface area (Å²) in [5.41, 5.74) is -0.684. The molecule has 0 radical (unpaired) electrons. The lowest BCUT2D eigenvalue weighted by Crippen LogP contribution is -2.08. The zero-order valence-electron chi connectivity index (χ0n) is 7.74. The standard InChI is InChI=1S/C8H5ClO4.C2H4/c9-5-3-1-2-4(7(10)11)6(5)8(12)13;1-2/h1-3H,(H,10,11)(H,12,13);1-2H2. The fraction of sp³-hybridized carbons (Fsp3) is 0. The van der Waals surface area contributed by atoms with E-state index in [1.54, 1.807) is 0 Å². The highest BCUT2D eigenvalue weighted by molar-refractivity contribution is 6.34. The summed E-state index contributed by atoms with van der Waals surface area (Å²) >= 11 is 5.52. The predicted octanol–water partition coefficient (Wildman–Crippen LogP) is 2.54. The molecule has 15 heavy (non-hydrogen) atoms. The molecule has 5 heteroatoms. The maximum absolute atomic E-state index is 10.6. The largest absolute Gasteiger partial charge is 0.478 e. The van der Waals surface area contributed by atoms with Crippen LogP contribution < -0.4 is 0 Å². The van der Waals surface area contributed by atoms with E-state index in [9.17, 15) is 9.59 Å². The third kappa shape index (κ3) is 3.11. The van der Waals surface area contributed by atoms with Gasteiger partial charge >= 0.3 is 11.9 Å². The van der Waals surface area contributed by atoms with Crippen molar-refractivity contribution in [3.05, 3.63) is 47.5 Å². The second-order valence-electron chi connectivity index (χ2n) is 2.27. The molecule has 80 valence electrons. The Hall–Kier alpha value is -1.81. The molecular weight excluding hydrogens is 220 g/mol. The molecule has 0 aromatic heterocycles. The molecule has 0 spiro atoms. The normalized spacial score (nSPS) is 8.60. The summed E-state index contributed by atoms with van der Waals surface area (Å²) < 4.78 is 0. The van der Waals surface area contributed by atoms with Gasteiger partial charge in [-0.25, -0.2) is 9.59 Å². The number of carboxylic acids is 2. The van der Waals surface area contributed by atoms with Crippen LogP contribution in [0.1, 0.15) is 20.7 Å². The van der Waals surface area contributed by atoms with Crippen molar-refractivity contribution in [1.82, 2.24) is 0 Å². The maximum atomic E-state index is 10.6. The van der Waals surface area contributed by atoms with Crippen molar-refractivity contribution in [3.63, 3.8) is 0 Å². The highest BCUT2D eigenvalue weighted by Crippen LogP contribution is 2.19. The Morgan fingerprint density at radius 1 is 1.13 bits per heavy atom. The average molecular weight is 229 g/mol. The quantitative estimate of drug-likeness (QED) is 0.763. The van der Waals surface area contributed by atoms with Crippen molar-refractivity contribution in [1.29, 1.82) is 0 Å².